The van der Waals surface area contributed by atoms with Gasteiger partial charge in [0, 0.05) is 30.9 Å². The van der Waals surface area contributed by atoms with Gasteiger partial charge in [0.25, 0.3) is 0 Å². The summed E-state index contributed by atoms with van der Waals surface area (Å²) in [5.41, 5.74) is -2.09. The zero-order valence-electron chi connectivity index (χ0n) is 35.8. The van der Waals surface area contributed by atoms with E-state index in [-0.39, 0.29) is 67.7 Å². The maximum atomic E-state index is 15.3. The highest BCUT2D eigenvalue weighted by molar-refractivity contribution is 7.91. The van der Waals surface area contributed by atoms with Gasteiger partial charge in [-0.3, -0.25) is 23.9 Å². The normalized spacial score (nSPS) is 32.4. The first-order valence-corrected chi connectivity index (χ1v) is 23.1. The molecule has 2 amide bonds. The summed E-state index contributed by atoms with van der Waals surface area (Å²) in [6, 6.07) is 6.20. The second-order valence-corrected chi connectivity index (χ2v) is 20.6. The zero-order chi connectivity index (χ0) is 43.0. The molecule has 2 aromatic rings. The summed E-state index contributed by atoms with van der Waals surface area (Å²) >= 11 is 0. The molecule has 5 aliphatic rings. The number of pyridine rings is 1. The fraction of sp³-hybridized carbons (Fsp3) is 0.667. The predicted octanol–water partition coefficient (Wildman–Crippen LogP) is 6.09. The summed E-state index contributed by atoms with van der Waals surface area (Å²) in [5.74, 6) is -1.86. The van der Waals surface area contributed by atoms with E-state index in [1.807, 2.05) is 38.1 Å². The van der Waals surface area contributed by atoms with E-state index in [9.17, 15) is 22.8 Å². The number of hydrogen-bond donors (Lipinski definition) is 1. The number of esters is 1. The third-order valence-electron chi connectivity index (χ3n) is 13.7. The van der Waals surface area contributed by atoms with Crippen molar-refractivity contribution in [2.75, 3.05) is 34.0 Å². The SMILES string of the molecule is CC[C@@H]1C[C@H](C)CC/C=C\[C@@H]2C[C@@]2(C(=O)NS(=O)(=O)C2(C)CC2)CC(=O)[C@@H]2C[C@@H](Oc3nc(OC)cc4cc(OC)ccc34)CN2C(=O)[C@H]1CC(=O)OC1(C)CCCOC1. The Balaban J connectivity index is 1.24. The van der Waals surface area contributed by atoms with E-state index in [0.717, 1.165) is 18.2 Å². The number of methoxy groups -OCH3 is 2. The smallest absolute Gasteiger partial charge is 0.307 e. The maximum Gasteiger partial charge on any atom is 0.307 e. The van der Waals surface area contributed by atoms with E-state index >= 15 is 4.79 Å². The monoisotopic (exact) mass is 851 g/mol. The van der Waals surface area contributed by atoms with Crippen LogP contribution in [0, 0.1) is 29.1 Å². The van der Waals surface area contributed by atoms with Crippen molar-refractivity contribution < 1.29 is 51.3 Å². The quantitative estimate of drug-likeness (QED) is 0.204. The average Bonchev–Trinajstić information content (AvgIpc) is 4.10. The van der Waals surface area contributed by atoms with Gasteiger partial charge in [-0.05, 0) is 107 Å². The molecule has 2 aliphatic carbocycles. The standard InChI is InChI=1S/C45H61N3O11S/c1-7-29-19-28(2)11-8-9-12-31-24-45(31,42(52)47-60(53,54)44(4)16-17-44)25-37(49)36-22-33(58-40-34-14-13-32(55-5)20-30(34)21-38(46-40)56-6)26-48(36)41(51)35(29)23-39(50)59-43(3)15-10-18-57-27-43/h9,12-14,20-21,28-29,31,33,35-36H,7-8,10-11,15-19,22-27H2,1-6H3,(H,47,52)/b12-9-/t28-,29-,31-,33-,35+,36+,43?,45-/m1/s1. The van der Waals surface area contributed by atoms with Gasteiger partial charge in [0.05, 0.1) is 55.9 Å². The largest absolute Gasteiger partial charge is 0.497 e. The number of benzene rings is 1. The van der Waals surface area contributed by atoms with Gasteiger partial charge in [-0.1, -0.05) is 32.4 Å². The molecule has 3 aliphatic heterocycles. The van der Waals surface area contributed by atoms with Gasteiger partial charge < -0.3 is 28.6 Å². The maximum absolute atomic E-state index is 15.3. The predicted molar refractivity (Wildman–Crippen MR) is 223 cm³/mol. The second-order valence-electron chi connectivity index (χ2n) is 18.4. The summed E-state index contributed by atoms with van der Waals surface area (Å²) in [7, 11) is -0.897. The van der Waals surface area contributed by atoms with Gasteiger partial charge in [-0.15, -0.1) is 0 Å². The molecule has 1 N–H and O–H groups in total. The summed E-state index contributed by atoms with van der Waals surface area (Å²) in [6.07, 6.45) is 8.37. The molecule has 1 aromatic carbocycles. The Bertz CT molecular complexity index is 2110. The number of nitrogens with one attached hydrogen (secondary N) is 1. The lowest BCUT2D eigenvalue weighted by Gasteiger charge is -2.35. The molecular weight excluding hydrogens is 791 g/mol. The van der Waals surface area contributed by atoms with Crippen molar-refractivity contribution in [3.05, 3.63) is 36.4 Å². The Morgan fingerprint density at radius 1 is 1.07 bits per heavy atom. The van der Waals surface area contributed by atoms with Crippen LogP contribution in [0.5, 0.6) is 17.5 Å². The van der Waals surface area contributed by atoms with E-state index in [2.05, 4.69) is 16.6 Å². The van der Waals surface area contributed by atoms with Crippen LogP contribution in [-0.2, 0) is 38.7 Å². The molecule has 0 spiro atoms. The molecule has 4 fully saturated rings. The molecule has 4 heterocycles. The Morgan fingerprint density at radius 2 is 1.85 bits per heavy atom. The lowest BCUT2D eigenvalue weighted by molar-refractivity contribution is -0.174. The highest BCUT2D eigenvalue weighted by Gasteiger charge is 2.63. The molecule has 0 bridgehead atoms. The molecular formula is C45H61N3O11S. The fourth-order valence-corrected chi connectivity index (χ4v) is 10.8. The molecule has 7 rings (SSSR count). The number of nitrogens with zero attached hydrogens (tertiary/aromatic N) is 2. The second kappa shape index (κ2) is 17.3. The number of ketones is 1. The number of allylic oxidation sites excluding steroid dienone is 2. The fourth-order valence-electron chi connectivity index (χ4n) is 9.49. The minimum Gasteiger partial charge on any atom is -0.497 e. The minimum absolute atomic E-state index is 0.0180. The number of Topliss-reactive ketones (excluding diaryl/α,β-unsaturated/α-hetero) is 1. The number of carbonyl (C=O) groups excluding carboxylic acids is 4. The Labute approximate surface area is 353 Å². The molecule has 328 valence electrons. The van der Waals surface area contributed by atoms with Crippen molar-refractivity contribution >= 4 is 44.4 Å². The van der Waals surface area contributed by atoms with Crippen LogP contribution in [0.4, 0.5) is 0 Å². The highest BCUT2D eigenvalue weighted by atomic mass is 32.2. The van der Waals surface area contributed by atoms with E-state index in [1.165, 1.54) is 12.0 Å². The van der Waals surface area contributed by atoms with Crippen molar-refractivity contribution in [3.63, 3.8) is 0 Å². The molecule has 2 saturated heterocycles. The summed E-state index contributed by atoms with van der Waals surface area (Å²) in [4.78, 5) is 64.2. The molecule has 1 aromatic heterocycles. The number of sulfonamides is 1. The molecule has 60 heavy (non-hydrogen) atoms. The Kier molecular flexibility index (Phi) is 12.6. The van der Waals surface area contributed by atoms with Crippen LogP contribution in [0.1, 0.15) is 105 Å². The van der Waals surface area contributed by atoms with Crippen LogP contribution >= 0.6 is 0 Å². The van der Waals surface area contributed by atoms with Gasteiger partial charge in [0.1, 0.15) is 17.5 Å². The first-order chi connectivity index (χ1) is 28.5. The van der Waals surface area contributed by atoms with Gasteiger partial charge in [0.2, 0.25) is 33.6 Å². The first-order valence-electron chi connectivity index (χ1n) is 21.6. The third kappa shape index (κ3) is 9.17. The van der Waals surface area contributed by atoms with Crippen molar-refractivity contribution in [1.82, 2.24) is 14.6 Å². The van der Waals surface area contributed by atoms with Gasteiger partial charge in [-0.25, -0.2) is 8.42 Å². The van der Waals surface area contributed by atoms with Crippen molar-refractivity contribution in [1.29, 1.82) is 0 Å². The summed E-state index contributed by atoms with van der Waals surface area (Å²) in [6.45, 7) is 8.52. The van der Waals surface area contributed by atoms with Gasteiger partial charge in [-0.2, -0.15) is 4.98 Å². The number of carbonyl (C=O) groups is 4. The first kappa shape index (κ1) is 43.8. The van der Waals surface area contributed by atoms with Crippen LogP contribution in [-0.4, -0.2) is 98.3 Å². The molecule has 0 radical (unpaired) electrons. The molecule has 2 saturated carbocycles. The zero-order valence-corrected chi connectivity index (χ0v) is 36.6. The highest BCUT2D eigenvalue weighted by Crippen LogP contribution is 2.58. The molecule has 8 atom stereocenters. The van der Waals surface area contributed by atoms with Gasteiger partial charge >= 0.3 is 5.97 Å². The minimum atomic E-state index is -3.97. The summed E-state index contributed by atoms with van der Waals surface area (Å²) < 4.78 is 57.3. The topological polar surface area (TPSA) is 177 Å². The van der Waals surface area contributed by atoms with Crippen LogP contribution in [0.15, 0.2) is 36.4 Å². The number of aromatic nitrogens is 1. The average molecular weight is 852 g/mol. The van der Waals surface area contributed by atoms with E-state index in [0.29, 0.717) is 68.6 Å². The molecule has 15 heteroatoms. The number of rotatable bonds is 11. The molecule has 1 unspecified atom stereocenters. The Morgan fingerprint density at radius 3 is 2.53 bits per heavy atom. The van der Waals surface area contributed by atoms with E-state index in [4.69, 9.17) is 23.7 Å². The van der Waals surface area contributed by atoms with Crippen molar-refractivity contribution in [2.45, 2.75) is 127 Å². The van der Waals surface area contributed by atoms with E-state index < -0.39 is 55.7 Å². The van der Waals surface area contributed by atoms with Crippen LogP contribution in [0.25, 0.3) is 10.8 Å². The number of ether oxygens (including phenoxy) is 5. The van der Waals surface area contributed by atoms with Crippen LogP contribution in [0.2, 0.25) is 0 Å². The number of amides is 2. The summed E-state index contributed by atoms with van der Waals surface area (Å²) in [5, 5.41) is 1.43. The van der Waals surface area contributed by atoms with Crippen LogP contribution in [0.3, 0.4) is 0 Å². The molecule has 14 nitrogen and oxygen atoms in total. The number of fused-ring (bicyclic) bond motifs is 3. The lowest BCUT2D eigenvalue weighted by atomic mass is 9.79. The van der Waals surface area contributed by atoms with Crippen molar-refractivity contribution in [3.8, 4) is 17.5 Å². The van der Waals surface area contributed by atoms with Crippen LogP contribution < -0.4 is 18.9 Å². The lowest BCUT2D eigenvalue weighted by Crippen LogP contribution is -2.48. The third-order valence-corrected chi connectivity index (χ3v) is 15.9. The van der Waals surface area contributed by atoms with Crippen molar-refractivity contribution in [2.24, 2.45) is 29.1 Å². The van der Waals surface area contributed by atoms with Gasteiger partial charge in [0.15, 0.2) is 5.78 Å². The number of hydrogen-bond acceptors (Lipinski definition) is 12. The Hall–Kier alpha value is -4.24. The van der Waals surface area contributed by atoms with E-state index in [1.54, 1.807) is 26.2 Å².